The van der Waals surface area contributed by atoms with E-state index in [9.17, 15) is 4.79 Å². The molecular weight excluding hydrogens is 383 g/mol. The van der Waals surface area contributed by atoms with Crippen molar-refractivity contribution >= 4 is 42.2 Å². The van der Waals surface area contributed by atoms with Crippen LogP contribution in [0.4, 0.5) is 11.5 Å². The first-order valence-electron chi connectivity index (χ1n) is 8.95. The minimum absolute atomic E-state index is 0. The van der Waals surface area contributed by atoms with Crippen LogP contribution >= 0.6 is 24.8 Å². The number of carbonyl (C=O) groups is 1. The summed E-state index contributed by atoms with van der Waals surface area (Å²) >= 11 is 0. The van der Waals surface area contributed by atoms with E-state index in [0.717, 1.165) is 30.8 Å². The molecule has 0 bridgehead atoms. The van der Waals surface area contributed by atoms with E-state index in [1.54, 1.807) is 6.20 Å². The van der Waals surface area contributed by atoms with Crippen molar-refractivity contribution in [1.82, 2.24) is 10.3 Å². The number of hydrogen-bond donors (Lipinski definition) is 2. The van der Waals surface area contributed by atoms with Crippen LogP contribution in [0.1, 0.15) is 36.0 Å². The molecule has 27 heavy (non-hydrogen) atoms. The molecule has 0 aliphatic heterocycles. The average Bonchev–Trinajstić information content (AvgIpc) is 2.68. The standard InChI is InChI=1S/C20H26N4O.2ClH/c1-24(17-8-3-2-4-9-17)19-12-11-16(14-22-19)20(25)23-18-10-6-5-7-15(18)13-21;;/h2-4,8-9,11-12,14-15,18H,5-7,10,13,21H2,1H3,(H,23,25);2*1H. The van der Waals surface area contributed by atoms with E-state index in [1.165, 1.54) is 6.42 Å². The molecule has 7 heteroatoms. The molecule has 1 amide bonds. The van der Waals surface area contributed by atoms with Gasteiger partial charge in [-0.3, -0.25) is 4.79 Å². The molecule has 3 rings (SSSR count). The van der Waals surface area contributed by atoms with Crippen LogP contribution < -0.4 is 16.0 Å². The third kappa shape index (κ3) is 5.83. The van der Waals surface area contributed by atoms with Gasteiger partial charge in [0.25, 0.3) is 5.91 Å². The lowest BCUT2D eigenvalue weighted by atomic mass is 9.84. The van der Waals surface area contributed by atoms with Crippen molar-refractivity contribution in [3.05, 3.63) is 54.2 Å². The number of carbonyl (C=O) groups excluding carboxylic acids is 1. The number of pyridine rings is 1. The van der Waals surface area contributed by atoms with Gasteiger partial charge in [0.1, 0.15) is 5.82 Å². The largest absolute Gasteiger partial charge is 0.349 e. The Kier molecular flexibility index (Phi) is 9.56. The summed E-state index contributed by atoms with van der Waals surface area (Å²) in [6.45, 7) is 0.629. The van der Waals surface area contributed by atoms with Crippen LogP contribution in [0.5, 0.6) is 0 Å². The number of para-hydroxylation sites is 1. The molecule has 1 aromatic heterocycles. The van der Waals surface area contributed by atoms with Gasteiger partial charge in [-0.1, -0.05) is 31.0 Å². The first-order chi connectivity index (χ1) is 12.2. The highest BCUT2D eigenvalue weighted by Crippen LogP contribution is 2.24. The second kappa shape index (κ2) is 11.1. The fraction of sp³-hybridized carbons (Fsp3) is 0.400. The average molecular weight is 411 g/mol. The normalized spacial score (nSPS) is 18.6. The molecule has 1 aliphatic carbocycles. The summed E-state index contributed by atoms with van der Waals surface area (Å²) in [5, 5.41) is 3.14. The highest BCUT2D eigenvalue weighted by molar-refractivity contribution is 5.94. The molecule has 0 saturated heterocycles. The number of nitrogens with one attached hydrogen (secondary N) is 1. The van der Waals surface area contributed by atoms with Crippen LogP contribution in [-0.4, -0.2) is 30.5 Å². The number of hydrogen-bond acceptors (Lipinski definition) is 4. The van der Waals surface area contributed by atoms with Crippen LogP contribution in [0.2, 0.25) is 0 Å². The number of halogens is 2. The number of amides is 1. The Morgan fingerprint density at radius 2 is 1.85 bits per heavy atom. The lowest BCUT2D eigenvalue weighted by molar-refractivity contribution is 0.0907. The summed E-state index contributed by atoms with van der Waals surface area (Å²) < 4.78 is 0. The number of nitrogens with two attached hydrogens (primary N) is 1. The molecule has 1 saturated carbocycles. The van der Waals surface area contributed by atoms with E-state index < -0.39 is 0 Å². The van der Waals surface area contributed by atoms with E-state index in [2.05, 4.69) is 10.3 Å². The van der Waals surface area contributed by atoms with Gasteiger partial charge in [0.15, 0.2) is 0 Å². The van der Waals surface area contributed by atoms with Crippen molar-refractivity contribution in [2.45, 2.75) is 31.7 Å². The molecular formula is C20H28Cl2N4O. The Hall–Kier alpha value is -1.82. The second-order valence-corrected chi connectivity index (χ2v) is 6.66. The van der Waals surface area contributed by atoms with Gasteiger partial charge in [-0.25, -0.2) is 4.98 Å². The molecule has 0 radical (unpaired) electrons. The molecule has 3 N–H and O–H groups in total. The molecule has 148 valence electrons. The number of rotatable bonds is 5. The highest BCUT2D eigenvalue weighted by atomic mass is 35.5. The summed E-state index contributed by atoms with van der Waals surface area (Å²) in [6.07, 6.45) is 6.11. The molecule has 1 aliphatic rings. The SMILES string of the molecule is CN(c1ccccc1)c1ccc(C(=O)NC2CCCCC2CN)cn1.Cl.Cl. The predicted octanol–water partition coefficient (Wildman–Crippen LogP) is 3.94. The first-order valence-corrected chi connectivity index (χ1v) is 8.95. The zero-order valence-electron chi connectivity index (χ0n) is 15.5. The minimum Gasteiger partial charge on any atom is -0.349 e. The fourth-order valence-corrected chi connectivity index (χ4v) is 3.43. The van der Waals surface area contributed by atoms with E-state index >= 15 is 0 Å². The van der Waals surface area contributed by atoms with Crippen molar-refractivity contribution in [2.24, 2.45) is 11.7 Å². The van der Waals surface area contributed by atoms with Crippen molar-refractivity contribution in [2.75, 3.05) is 18.5 Å². The molecule has 1 heterocycles. The van der Waals surface area contributed by atoms with Crippen LogP contribution in [0.25, 0.3) is 0 Å². The molecule has 2 atom stereocenters. The summed E-state index contributed by atoms with van der Waals surface area (Å²) in [5.41, 5.74) is 7.49. The maximum absolute atomic E-state index is 12.5. The van der Waals surface area contributed by atoms with Gasteiger partial charge in [0.2, 0.25) is 0 Å². The number of benzene rings is 1. The summed E-state index contributed by atoms with van der Waals surface area (Å²) in [7, 11) is 1.96. The van der Waals surface area contributed by atoms with Gasteiger partial charge in [-0.15, -0.1) is 24.8 Å². The summed E-state index contributed by atoms with van der Waals surface area (Å²) in [5.74, 6) is 1.13. The van der Waals surface area contributed by atoms with Gasteiger partial charge in [-0.05, 0) is 49.6 Å². The van der Waals surface area contributed by atoms with Gasteiger partial charge < -0.3 is 16.0 Å². The van der Waals surface area contributed by atoms with Crippen molar-refractivity contribution in [1.29, 1.82) is 0 Å². The Morgan fingerprint density at radius 1 is 1.15 bits per heavy atom. The van der Waals surface area contributed by atoms with Crippen LogP contribution in [0.15, 0.2) is 48.7 Å². The Balaban J connectivity index is 0.00000182. The molecule has 2 aromatic rings. The Labute approximate surface area is 173 Å². The second-order valence-electron chi connectivity index (χ2n) is 6.66. The third-order valence-corrected chi connectivity index (χ3v) is 5.03. The topological polar surface area (TPSA) is 71.2 Å². The lowest BCUT2D eigenvalue weighted by Gasteiger charge is -2.31. The number of anilines is 2. The van der Waals surface area contributed by atoms with Crippen molar-refractivity contribution < 1.29 is 4.79 Å². The van der Waals surface area contributed by atoms with Crippen LogP contribution in [0, 0.1) is 5.92 Å². The zero-order chi connectivity index (χ0) is 17.6. The quantitative estimate of drug-likeness (QED) is 0.782. The maximum Gasteiger partial charge on any atom is 0.253 e. The van der Waals surface area contributed by atoms with Gasteiger partial charge in [0, 0.05) is 25.0 Å². The van der Waals surface area contributed by atoms with Gasteiger partial charge in [0.05, 0.1) is 5.56 Å². The molecule has 1 aromatic carbocycles. The molecule has 5 nitrogen and oxygen atoms in total. The predicted molar refractivity (Wildman–Crippen MR) is 116 cm³/mol. The van der Waals surface area contributed by atoms with Crippen LogP contribution in [0.3, 0.4) is 0 Å². The zero-order valence-corrected chi connectivity index (χ0v) is 17.1. The Bertz CT molecular complexity index is 697. The van der Waals surface area contributed by atoms with E-state index in [4.69, 9.17) is 5.73 Å². The van der Waals surface area contributed by atoms with E-state index in [0.29, 0.717) is 18.0 Å². The van der Waals surface area contributed by atoms with Crippen molar-refractivity contribution in [3.8, 4) is 0 Å². The monoisotopic (exact) mass is 410 g/mol. The van der Waals surface area contributed by atoms with Gasteiger partial charge in [-0.2, -0.15) is 0 Å². The molecule has 1 fully saturated rings. The fourth-order valence-electron chi connectivity index (χ4n) is 3.43. The Morgan fingerprint density at radius 3 is 2.48 bits per heavy atom. The number of nitrogens with zero attached hydrogens (tertiary/aromatic N) is 2. The third-order valence-electron chi connectivity index (χ3n) is 5.03. The summed E-state index contributed by atoms with van der Waals surface area (Å²) in [4.78, 5) is 19.0. The lowest BCUT2D eigenvalue weighted by Crippen LogP contribution is -2.44. The van der Waals surface area contributed by atoms with E-state index in [-0.39, 0.29) is 36.8 Å². The smallest absolute Gasteiger partial charge is 0.253 e. The van der Waals surface area contributed by atoms with Gasteiger partial charge >= 0.3 is 0 Å². The number of aromatic nitrogens is 1. The van der Waals surface area contributed by atoms with Crippen LogP contribution in [-0.2, 0) is 0 Å². The maximum atomic E-state index is 12.5. The first kappa shape index (κ1) is 23.2. The molecule has 0 spiro atoms. The van der Waals surface area contributed by atoms with Crippen molar-refractivity contribution in [3.63, 3.8) is 0 Å². The summed E-state index contributed by atoms with van der Waals surface area (Å²) in [6, 6.07) is 13.9. The highest BCUT2D eigenvalue weighted by Gasteiger charge is 2.25. The molecule has 2 unspecified atom stereocenters. The minimum atomic E-state index is -0.0632. The van der Waals surface area contributed by atoms with E-state index in [1.807, 2.05) is 54.4 Å².